The van der Waals surface area contributed by atoms with Gasteiger partial charge in [0.25, 0.3) is 10.0 Å². The standard InChI is InChI=1S/C26H28N2O9S/c1-33-17-10-12-22(34-2)21(14-17)28(38(31,32)18-11-13-23(35-3)24(15-18)36-4)16-25(29)27-20-9-7-6-8-19(20)26(30)37-5/h6-15H,16H2,1-5H3,(H,27,29). The topological polar surface area (TPSA) is 130 Å². The van der Waals surface area contributed by atoms with Gasteiger partial charge in [0.05, 0.1) is 57.4 Å². The van der Waals surface area contributed by atoms with Gasteiger partial charge in [0.15, 0.2) is 11.5 Å². The maximum absolute atomic E-state index is 14.0. The lowest BCUT2D eigenvalue weighted by Gasteiger charge is -2.26. The number of nitrogens with zero attached hydrogens (tertiary/aromatic N) is 1. The van der Waals surface area contributed by atoms with E-state index in [1.807, 2.05) is 0 Å². The lowest BCUT2D eigenvalue weighted by atomic mass is 10.2. The van der Waals surface area contributed by atoms with Crippen molar-refractivity contribution in [1.82, 2.24) is 0 Å². The van der Waals surface area contributed by atoms with E-state index in [2.05, 4.69) is 5.32 Å². The fourth-order valence-electron chi connectivity index (χ4n) is 3.60. The van der Waals surface area contributed by atoms with Crippen LogP contribution in [0.15, 0.2) is 65.6 Å². The number of ether oxygens (including phenoxy) is 5. The number of carbonyl (C=O) groups excluding carboxylic acids is 2. The molecule has 0 spiro atoms. The number of carbonyl (C=O) groups is 2. The molecule has 0 heterocycles. The fourth-order valence-corrected chi connectivity index (χ4v) is 5.04. The summed E-state index contributed by atoms with van der Waals surface area (Å²) in [6.07, 6.45) is 0. The molecule has 3 aromatic rings. The third-order valence-corrected chi connectivity index (χ3v) is 7.25. The highest BCUT2D eigenvalue weighted by Crippen LogP contribution is 2.37. The molecule has 202 valence electrons. The maximum atomic E-state index is 14.0. The van der Waals surface area contributed by atoms with E-state index in [0.29, 0.717) is 11.5 Å². The molecule has 0 bridgehead atoms. The number of hydrogen-bond acceptors (Lipinski definition) is 9. The van der Waals surface area contributed by atoms with Gasteiger partial charge in [-0.1, -0.05) is 12.1 Å². The summed E-state index contributed by atoms with van der Waals surface area (Å²) in [5.74, 6) is -0.362. The lowest BCUT2D eigenvalue weighted by Crippen LogP contribution is -2.38. The van der Waals surface area contributed by atoms with E-state index < -0.39 is 28.4 Å². The van der Waals surface area contributed by atoms with Gasteiger partial charge in [-0.3, -0.25) is 9.10 Å². The zero-order valence-electron chi connectivity index (χ0n) is 21.5. The minimum atomic E-state index is -4.38. The predicted octanol–water partition coefficient (Wildman–Crippen LogP) is 3.34. The van der Waals surface area contributed by atoms with E-state index in [1.165, 1.54) is 78.0 Å². The molecular formula is C26H28N2O9S. The Labute approximate surface area is 220 Å². The molecule has 0 aliphatic rings. The normalized spacial score (nSPS) is 10.8. The molecule has 0 aromatic heterocycles. The van der Waals surface area contributed by atoms with E-state index >= 15 is 0 Å². The fraction of sp³-hybridized carbons (Fsp3) is 0.231. The molecule has 3 rings (SSSR count). The molecule has 0 fully saturated rings. The highest BCUT2D eigenvalue weighted by molar-refractivity contribution is 7.92. The molecule has 0 aliphatic heterocycles. The van der Waals surface area contributed by atoms with Gasteiger partial charge in [-0.25, -0.2) is 13.2 Å². The summed E-state index contributed by atoms with van der Waals surface area (Å²) in [5.41, 5.74) is 0.320. The smallest absolute Gasteiger partial charge is 0.339 e. The summed E-state index contributed by atoms with van der Waals surface area (Å²) in [5, 5.41) is 2.59. The van der Waals surface area contributed by atoms with Crippen LogP contribution < -0.4 is 28.6 Å². The molecule has 0 saturated heterocycles. The van der Waals surface area contributed by atoms with Crippen LogP contribution in [-0.2, 0) is 19.6 Å². The monoisotopic (exact) mass is 544 g/mol. The van der Waals surface area contributed by atoms with Crippen molar-refractivity contribution in [2.75, 3.05) is 51.7 Å². The number of hydrogen-bond donors (Lipinski definition) is 1. The van der Waals surface area contributed by atoms with Crippen molar-refractivity contribution in [2.24, 2.45) is 0 Å². The van der Waals surface area contributed by atoms with Crippen LogP contribution in [0.3, 0.4) is 0 Å². The molecule has 0 saturated carbocycles. The molecule has 0 atom stereocenters. The first-order valence-electron chi connectivity index (χ1n) is 11.1. The molecule has 1 N–H and O–H groups in total. The Morgan fingerprint density at radius 3 is 2.08 bits per heavy atom. The lowest BCUT2D eigenvalue weighted by molar-refractivity contribution is -0.114. The predicted molar refractivity (Wildman–Crippen MR) is 140 cm³/mol. The van der Waals surface area contributed by atoms with E-state index in [0.717, 1.165) is 4.31 Å². The average molecular weight is 545 g/mol. The van der Waals surface area contributed by atoms with Crippen LogP contribution in [0.2, 0.25) is 0 Å². The van der Waals surface area contributed by atoms with Crippen molar-refractivity contribution in [1.29, 1.82) is 0 Å². The first kappa shape index (κ1) is 28.1. The maximum Gasteiger partial charge on any atom is 0.339 e. The number of methoxy groups -OCH3 is 5. The zero-order valence-corrected chi connectivity index (χ0v) is 22.3. The van der Waals surface area contributed by atoms with Crippen molar-refractivity contribution < 1.29 is 41.7 Å². The molecule has 1 amide bonds. The van der Waals surface area contributed by atoms with Crippen molar-refractivity contribution >= 4 is 33.3 Å². The molecule has 0 unspecified atom stereocenters. The SMILES string of the molecule is COC(=O)c1ccccc1NC(=O)CN(c1cc(OC)ccc1OC)S(=O)(=O)c1ccc(OC)c(OC)c1. The first-order valence-corrected chi connectivity index (χ1v) is 12.6. The van der Waals surface area contributed by atoms with Crippen LogP contribution >= 0.6 is 0 Å². The second-order valence-electron chi connectivity index (χ2n) is 7.65. The van der Waals surface area contributed by atoms with Crippen molar-refractivity contribution in [2.45, 2.75) is 4.90 Å². The highest BCUT2D eigenvalue weighted by atomic mass is 32.2. The average Bonchev–Trinajstić information content (AvgIpc) is 2.94. The van der Waals surface area contributed by atoms with Gasteiger partial charge < -0.3 is 29.0 Å². The second-order valence-corrected chi connectivity index (χ2v) is 9.51. The van der Waals surface area contributed by atoms with Crippen LogP contribution in [0.1, 0.15) is 10.4 Å². The summed E-state index contributed by atoms with van der Waals surface area (Å²) < 4.78 is 54.7. The quantitative estimate of drug-likeness (QED) is 0.361. The van der Waals surface area contributed by atoms with Crippen molar-refractivity contribution in [3.8, 4) is 23.0 Å². The van der Waals surface area contributed by atoms with Gasteiger partial charge in [0, 0.05) is 12.1 Å². The van der Waals surface area contributed by atoms with Gasteiger partial charge >= 0.3 is 5.97 Å². The Morgan fingerprint density at radius 1 is 0.789 bits per heavy atom. The number of benzene rings is 3. The van der Waals surface area contributed by atoms with Crippen LogP contribution in [0, 0.1) is 0 Å². The second kappa shape index (κ2) is 12.2. The van der Waals surface area contributed by atoms with E-state index in [4.69, 9.17) is 23.7 Å². The number of sulfonamides is 1. The molecule has 38 heavy (non-hydrogen) atoms. The summed E-state index contributed by atoms with van der Waals surface area (Å²) in [4.78, 5) is 25.2. The summed E-state index contributed by atoms with van der Waals surface area (Å²) in [7, 11) is 2.44. The number of amides is 1. The van der Waals surface area contributed by atoms with E-state index in [-0.39, 0.29) is 33.3 Å². The Balaban J connectivity index is 2.11. The van der Waals surface area contributed by atoms with Gasteiger partial charge in [-0.05, 0) is 36.4 Å². The Hall–Kier alpha value is -4.45. The number of nitrogens with one attached hydrogen (secondary N) is 1. The highest BCUT2D eigenvalue weighted by Gasteiger charge is 2.31. The summed E-state index contributed by atoms with van der Waals surface area (Å²) >= 11 is 0. The largest absolute Gasteiger partial charge is 0.497 e. The number of anilines is 2. The molecule has 3 aromatic carbocycles. The summed E-state index contributed by atoms with van der Waals surface area (Å²) in [6.45, 7) is -0.671. The minimum absolute atomic E-state index is 0.0537. The van der Waals surface area contributed by atoms with Crippen LogP contribution in [0.4, 0.5) is 11.4 Å². The Bertz CT molecular complexity index is 1420. The Morgan fingerprint density at radius 2 is 1.45 bits per heavy atom. The van der Waals surface area contributed by atoms with E-state index in [9.17, 15) is 18.0 Å². The first-order chi connectivity index (χ1) is 18.2. The van der Waals surface area contributed by atoms with Gasteiger partial charge in [-0.15, -0.1) is 0 Å². The van der Waals surface area contributed by atoms with Crippen molar-refractivity contribution in [3.05, 3.63) is 66.2 Å². The minimum Gasteiger partial charge on any atom is -0.497 e. The van der Waals surface area contributed by atoms with Crippen LogP contribution in [-0.4, -0.2) is 62.4 Å². The van der Waals surface area contributed by atoms with Gasteiger partial charge in [-0.2, -0.15) is 0 Å². The Kier molecular flexibility index (Phi) is 9.02. The zero-order chi connectivity index (χ0) is 27.9. The molecule has 0 radical (unpaired) electrons. The van der Waals surface area contributed by atoms with E-state index in [1.54, 1.807) is 18.2 Å². The molecular weight excluding hydrogens is 516 g/mol. The third-order valence-electron chi connectivity index (χ3n) is 5.49. The third kappa shape index (κ3) is 5.92. The molecule has 0 aliphatic carbocycles. The number of rotatable bonds is 11. The molecule has 11 nitrogen and oxygen atoms in total. The van der Waals surface area contributed by atoms with Crippen LogP contribution in [0.25, 0.3) is 0 Å². The number of esters is 1. The van der Waals surface area contributed by atoms with Crippen LogP contribution in [0.5, 0.6) is 23.0 Å². The van der Waals surface area contributed by atoms with Gasteiger partial charge in [0.1, 0.15) is 18.0 Å². The van der Waals surface area contributed by atoms with Gasteiger partial charge in [0.2, 0.25) is 5.91 Å². The molecule has 12 heteroatoms. The summed E-state index contributed by atoms with van der Waals surface area (Å²) in [6, 6.07) is 14.8. The van der Waals surface area contributed by atoms with Crippen molar-refractivity contribution in [3.63, 3.8) is 0 Å². The number of para-hydroxylation sites is 1.